The molecule has 32 heavy (non-hydrogen) atoms. The quantitative estimate of drug-likeness (QED) is 0.554. The minimum Gasteiger partial charge on any atom is -0.351 e. The Hall–Kier alpha value is -3.06. The molecule has 6 nitrogen and oxygen atoms in total. The van der Waals surface area contributed by atoms with Gasteiger partial charge >= 0.3 is 0 Å². The SMILES string of the molecule is O=C(NC1CCCCC1)[C@@H](c1ccccc1)N(CCc1ccccc1)C(=O)c1cnsn1. The average Bonchev–Trinajstić information content (AvgIpc) is 3.38. The van der Waals surface area contributed by atoms with Crippen LogP contribution < -0.4 is 5.32 Å². The van der Waals surface area contributed by atoms with E-state index in [1.807, 2.05) is 60.7 Å². The molecule has 1 saturated carbocycles. The number of nitrogens with zero attached hydrogens (tertiary/aromatic N) is 3. The van der Waals surface area contributed by atoms with Crippen molar-refractivity contribution < 1.29 is 9.59 Å². The fourth-order valence-electron chi connectivity index (χ4n) is 4.28. The Labute approximate surface area is 193 Å². The number of hydrogen-bond donors (Lipinski definition) is 1. The van der Waals surface area contributed by atoms with Gasteiger partial charge < -0.3 is 10.2 Å². The van der Waals surface area contributed by atoms with Gasteiger partial charge in [0.2, 0.25) is 5.91 Å². The molecule has 0 bridgehead atoms. The summed E-state index contributed by atoms with van der Waals surface area (Å²) in [4.78, 5) is 28.7. The maximum Gasteiger partial charge on any atom is 0.276 e. The lowest BCUT2D eigenvalue weighted by Gasteiger charge is -2.33. The molecule has 2 amide bonds. The van der Waals surface area contributed by atoms with Gasteiger partial charge in [0.15, 0.2) is 5.69 Å². The molecular weight excluding hydrogens is 420 g/mol. The van der Waals surface area contributed by atoms with Crippen LogP contribution in [0.2, 0.25) is 0 Å². The zero-order valence-corrected chi connectivity index (χ0v) is 18.8. The van der Waals surface area contributed by atoms with E-state index >= 15 is 0 Å². The maximum atomic E-state index is 13.6. The molecule has 1 aliphatic carbocycles. The second-order valence-electron chi connectivity index (χ2n) is 8.18. The van der Waals surface area contributed by atoms with E-state index in [1.54, 1.807) is 4.90 Å². The first-order valence-corrected chi connectivity index (χ1v) is 11.9. The van der Waals surface area contributed by atoms with Crippen LogP contribution in [-0.4, -0.2) is 38.0 Å². The first-order valence-electron chi connectivity index (χ1n) is 11.2. The number of carbonyl (C=O) groups excluding carboxylic acids is 2. The van der Waals surface area contributed by atoms with Crippen molar-refractivity contribution >= 4 is 23.5 Å². The van der Waals surface area contributed by atoms with Gasteiger partial charge in [-0.15, -0.1) is 0 Å². The van der Waals surface area contributed by atoms with Crippen LogP contribution >= 0.6 is 11.7 Å². The number of aromatic nitrogens is 2. The van der Waals surface area contributed by atoms with Crippen LogP contribution in [0.15, 0.2) is 66.9 Å². The van der Waals surface area contributed by atoms with Crippen LogP contribution in [0.25, 0.3) is 0 Å². The van der Waals surface area contributed by atoms with Gasteiger partial charge in [0.25, 0.3) is 5.91 Å². The number of rotatable bonds is 8. The molecule has 0 aliphatic heterocycles. The standard InChI is InChI=1S/C25H28N4O2S/c30-24(27-21-14-8-3-9-15-21)23(20-12-6-2-7-13-20)29(25(31)22-18-26-32-28-22)17-16-19-10-4-1-5-11-19/h1-2,4-7,10-13,18,21,23H,3,8-9,14-17H2,(H,27,30)/t23-/m1/s1. The normalized spacial score (nSPS) is 15.1. The molecule has 0 unspecified atom stereocenters. The molecule has 3 aromatic rings. The van der Waals surface area contributed by atoms with Crippen molar-refractivity contribution in [2.75, 3.05) is 6.54 Å². The number of amides is 2. The van der Waals surface area contributed by atoms with E-state index in [-0.39, 0.29) is 23.6 Å². The summed E-state index contributed by atoms with van der Waals surface area (Å²) in [6.07, 6.45) is 7.56. The molecule has 0 spiro atoms. The molecule has 1 fully saturated rings. The van der Waals surface area contributed by atoms with Gasteiger partial charge in [0, 0.05) is 12.6 Å². The third-order valence-electron chi connectivity index (χ3n) is 5.95. The monoisotopic (exact) mass is 448 g/mol. The fraction of sp³-hybridized carbons (Fsp3) is 0.360. The van der Waals surface area contributed by atoms with E-state index in [1.165, 1.54) is 12.6 Å². The molecule has 2 aromatic carbocycles. The Morgan fingerprint density at radius 2 is 1.69 bits per heavy atom. The second-order valence-corrected chi connectivity index (χ2v) is 8.74. The number of benzene rings is 2. The molecule has 1 aliphatic rings. The van der Waals surface area contributed by atoms with Gasteiger partial charge in [0.05, 0.1) is 17.9 Å². The summed E-state index contributed by atoms with van der Waals surface area (Å²) in [7, 11) is 0. The predicted molar refractivity (Wildman–Crippen MR) is 125 cm³/mol. The van der Waals surface area contributed by atoms with Gasteiger partial charge in [-0.25, -0.2) is 0 Å². The molecule has 1 N–H and O–H groups in total. The van der Waals surface area contributed by atoms with Crippen LogP contribution in [0.1, 0.15) is 59.8 Å². The zero-order chi connectivity index (χ0) is 22.2. The van der Waals surface area contributed by atoms with Crippen molar-refractivity contribution in [1.82, 2.24) is 19.0 Å². The minimum atomic E-state index is -0.726. The Balaban J connectivity index is 1.64. The van der Waals surface area contributed by atoms with Gasteiger partial charge in [-0.3, -0.25) is 9.59 Å². The van der Waals surface area contributed by atoms with Crippen LogP contribution in [0.5, 0.6) is 0 Å². The average molecular weight is 449 g/mol. The highest BCUT2D eigenvalue weighted by molar-refractivity contribution is 6.99. The van der Waals surface area contributed by atoms with Crippen molar-refractivity contribution in [2.24, 2.45) is 0 Å². The van der Waals surface area contributed by atoms with Gasteiger partial charge in [-0.1, -0.05) is 79.9 Å². The van der Waals surface area contributed by atoms with Crippen LogP contribution in [0.4, 0.5) is 0 Å². The topological polar surface area (TPSA) is 75.2 Å². The number of nitrogens with one attached hydrogen (secondary N) is 1. The third kappa shape index (κ3) is 5.59. The molecule has 166 valence electrons. The molecule has 1 heterocycles. The number of hydrogen-bond acceptors (Lipinski definition) is 5. The van der Waals surface area contributed by atoms with E-state index in [9.17, 15) is 9.59 Å². The van der Waals surface area contributed by atoms with Crippen LogP contribution in [0, 0.1) is 0 Å². The highest BCUT2D eigenvalue weighted by atomic mass is 32.1. The molecule has 7 heteroatoms. The van der Waals surface area contributed by atoms with Gasteiger partial charge in [-0.2, -0.15) is 8.75 Å². The third-order valence-corrected chi connectivity index (χ3v) is 6.43. The molecule has 0 saturated heterocycles. The predicted octanol–water partition coefficient (Wildman–Crippen LogP) is 4.41. The highest BCUT2D eigenvalue weighted by Gasteiger charge is 2.34. The van der Waals surface area contributed by atoms with Gasteiger partial charge in [-0.05, 0) is 30.4 Å². The first kappa shape index (κ1) is 22.1. The van der Waals surface area contributed by atoms with E-state index in [2.05, 4.69) is 14.1 Å². The smallest absolute Gasteiger partial charge is 0.276 e. The first-order chi connectivity index (χ1) is 15.7. The zero-order valence-electron chi connectivity index (χ0n) is 18.0. The summed E-state index contributed by atoms with van der Waals surface area (Å²) in [6.45, 7) is 0.401. The van der Waals surface area contributed by atoms with E-state index in [0.717, 1.165) is 48.5 Å². The summed E-state index contributed by atoms with van der Waals surface area (Å²) in [5.41, 5.74) is 2.18. The van der Waals surface area contributed by atoms with Crippen molar-refractivity contribution in [1.29, 1.82) is 0 Å². The largest absolute Gasteiger partial charge is 0.351 e. The Kier molecular flexibility index (Phi) is 7.61. The number of carbonyl (C=O) groups is 2. The van der Waals surface area contributed by atoms with Gasteiger partial charge in [0.1, 0.15) is 6.04 Å². The second kappa shape index (κ2) is 11.0. The lowest BCUT2D eigenvalue weighted by Crippen LogP contribution is -2.47. The summed E-state index contributed by atoms with van der Waals surface area (Å²) in [6, 6.07) is 19.0. The molecular formula is C25H28N4O2S. The van der Waals surface area contributed by atoms with E-state index in [4.69, 9.17) is 0 Å². The van der Waals surface area contributed by atoms with Crippen LogP contribution in [0.3, 0.4) is 0 Å². The minimum absolute atomic E-state index is 0.132. The fourth-order valence-corrected chi connectivity index (χ4v) is 4.69. The lowest BCUT2D eigenvalue weighted by molar-refractivity contribution is -0.126. The van der Waals surface area contributed by atoms with E-state index in [0.29, 0.717) is 13.0 Å². The summed E-state index contributed by atoms with van der Waals surface area (Å²) >= 11 is 0.996. The lowest BCUT2D eigenvalue weighted by atomic mass is 9.94. The molecule has 1 aromatic heterocycles. The van der Waals surface area contributed by atoms with Crippen molar-refractivity contribution in [3.05, 3.63) is 83.7 Å². The highest BCUT2D eigenvalue weighted by Crippen LogP contribution is 2.25. The molecule has 0 radical (unpaired) electrons. The van der Waals surface area contributed by atoms with Crippen molar-refractivity contribution in [2.45, 2.75) is 50.6 Å². The molecule has 4 rings (SSSR count). The Morgan fingerprint density at radius 3 is 2.34 bits per heavy atom. The van der Waals surface area contributed by atoms with Crippen molar-refractivity contribution in [3.63, 3.8) is 0 Å². The Morgan fingerprint density at radius 1 is 1.00 bits per heavy atom. The maximum absolute atomic E-state index is 13.6. The van der Waals surface area contributed by atoms with Crippen LogP contribution in [-0.2, 0) is 11.2 Å². The van der Waals surface area contributed by atoms with E-state index < -0.39 is 6.04 Å². The van der Waals surface area contributed by atoms with Crippen molar-refractivity contribution in [3.8, 4) is 0 Å². The Bertz CT molecular complexity index is 989. The summed E-state index contributed by atoms with van der Waals surface area (Å²) in [5, 5.41) is 3.23. The summed E-state index contributed by atoms with van der Waals surface area (Å²) < 4.78 is 8.15. The summed E-state index contributed by atoms with van der Waals surface area (Å²) in [5.74, 6) is -0.407. The molecule has 1 atom stereocenters.